The number of benzene rings is 2. The molecule has 0 amide bonds. The van der Waals surface area contributed by atoms with E-state index < -0.39 is 0 Å². The highest BCUT2D eigenvalue weighted by molar-refractivity contribution is 14.0. The van der Waals surface area contributed by atoms with Crippen molar-refractivity contribution >= 4 is 29.9 Å². The largest absolute Gasteiger partial charge is 0.491 e. The average Bonchev–Trinajstić information content (AvgIpc) is 3.29. The van der Waals surface area contributed by atoms with Gasteiger partial charge in [0.05, 0.1) is 18.5 Å². The summed E-state index contributed by atoms with van der Waals surface area (Å²) in [5.41, 5.74) is 4.47. The zero-order valence-electron chi connectivity index (χ0n) is 19.6. The second-order valence-electron chi connectivity index (χ2n) is 7.39. The minimum Gasteiger partial charge on any atom is -0.491 e. The molecule has 0 atom stereocenters. The molecule has 1 heterocycles. The van der Waals surface area contributed by atoms with Crippen LogP contribution >= 0.6 is 24.0 Å². The quantitative estimate of drug-likeness (QED) is 0.159. The van der Waals surface area contributed by atoms with E-state index in [9.17, 15) is 0 Å². The van der Waals surface area contributed by atoms with E-state index in [2.05, 4.69) is 52.0 Å². The molecule has 0 spiro atoms. The maximum absolute atomic E-state index is 5.93. The molecule has 0 unspecified atom stereocenters. The van der Waals surface area contributed by atoms with Crippen LogP contribution in [0.5, 0.6) is 5.75 Å². The van der Waals surface area contributed by atoms with E-state index in [1.165, 1.54) is 11.1 Å². The maximum Gasteiger partial charge on any atom is 0.191 e. The van der Waals surface area contributed by atoms with E-state index in [0.717, 1.165) is 35.9 Å². The molecular formula is C25H34IN5O2. The van der Waals surface area contributed by atoms with E-state index in [1.54, 1.807) is 7.05 Å². The molecule has 2 N–H and O–H groups in total. The summed E-state index contributed by atoms with van der Waals surface area (Å²) in [6.45, 7) is 7.24. The summed E-state index contributed by atoms with van der Waals surface area (Å²) in [4.78, 5) is 4.33. The summed E-state index contributed by atoms with van der Waals surface area (Å²) in [7, 11) is 1.78. The molecule has 0 aliphatic heterocycles. The van der Waals surface area contributed by atoms with Crippen LogP contribution < -0.4 is 15.4 Å². The second-order valence-corrected chi connectivity index (χ2v) is 7.39. The first-order valence-electron chi connectivity index (χ1n) is 11.0. The van der Waals surface area contributed by atoms with Crippen molar-refractivity contribution in [3.8, 4) is 11.4 Å². The standard InChI is InChI=1S/C25H33N5O2.HI/c1-4-31-14-15-32-24-16-20(2)10-11-22(24)18-28-25(26-3)27-13-12-21-17-29-30(19-21)23-8-6-5-7-9-23;/h5-11,16-17,19H,4,12-15,18H2,1-3H3,(H2,26,27,28);1H. The molecule has 0 fully saturated rings. The highest BCUT2D eigenvalue weighted by Crippen LogP contribution is 2.20. The molecule has 1 aromatic heterocycles. The Bertz CT molecular complexity index is 991. The maximum atomic E-state index is 5.93. The molecule has 2 aromatic carbocycles. The van der Waals surface area contributed by atoms with Gasteiger partial charge < -0.3 is 20.1 Å². The van der Waals surface area contributed by atoms with E-state index in [0.29, 0.717) is 26.4 Å². The Kier molecular flexibility index (Phi) is 11.7. The first kappa shape index (κ1) is 26.7. The van der Waals surface area contributed by atoms with Crippen molar-refractivity contribution in [2.45, 2.75) is 26.8 Å². The number of aliphatic imine (C=N–C) groups is 1. The topological polar surface area (TPSA) is 72.7 Å². The van der Waals surface area contributed by atoms with Crippen molar-refractivity contribution in [1.82, 2.24) is 20.4 Å². The minimum atomic E-state index is 0. The summed E-state index contributed by atoms with van der Waals surface area (Å²) in [5, 5.41) is 11.2. The molecule has 3 aromatic rings. The van der Waals surface area contributed by atoms with E-state index in [4.69, 9.17) is 9.47 Å². The number of ether oxygens (including phenoxy) is 2. The number of guanidine groups is 1. The molecule has 0 aliphatic carbocycles. The predicted octanol–water partition coefficient (Wildman–Crippen LogP) is 4.12. The highest BCUT2D eigenvalue weighted by Gasteiger charge is 2.07. The van der Waals surface area contributed by atoms with Crippen LogP contribution in [0.3, 0.4) is 0 Å². The van der Waals surface area contributed by atoms with Crippen molar-refractivity contribution in [2.75, 3.05) is 33.4 Å². The van der Waals surface area contributed by atoms with Crippen LogP contribution in [0, 0.1) is 6.92 Å². The second kappa shape index (κ2) is 14.5. The number of aromatic nitrogens is 2. The van der Waals surface area contributed by atoms with Crippen molar-refractivity contribution in [2.24, 2.45) is 4.99 Å². The number of para-hydroxylation sites is 1. The Hall–Kier alpha value is -2.59. The van der Waals surface area contributed by atoms with Crippen LogP contribution in [-0.4, -0.2) is 49.2 Å². The van der Waals surface area contributed by atoms with Crippen molar-refractivity contribution < 1.29 is 9.47 Å². The number of nitrogens with zero attached hydrogens (tertiary/aromatic N) is 3. The number of rotatable bonds is 11. The van der Waals surface area contributed by atoms with Crippen LogP contribution in [0.15, 0.2) is 65.9 Å². The average molecular weight is 563 g/mol. The normalized spacial score (nSPS) is 11.1. The number of aryl methyl sites for hydroxylation is 1. The monoisotopic (exact) mass is 563 g/mol. The number of hydrogen-bond donors (Lipinski definition) is 2. The molecule has 3 rings (SSSR count). The molecule has 0 saturated heterocycles. The molecule has 178 valence electrons. The van der Waals surface area contributed by atoms with Crippen molar-refractivity contribution in [3.05, 3.63) is 77.6 Å². The van der Waals surface area contributed by atoms with Crippen LogP contribution in [-0.2, 0) is 17.7 Å². The summed E-state index contributed by atoms with van der Waals surface area (Å²) < 4.78 is 13.2. The Labute approximate surface area is 213 Å². The summed E-state index contributed by atoms with van der Waals surface area (Å²) in [5.74, 6) is 1.63. The van der Waals surface area contributed by atoms with Crippen LogP contribution in [0.25, 0.3) is 5.69 Å². The van der Waals surface area contributed by atoms with Gasteiger partial charge in [-0.05, 0) is 49.6 Å². The first-order chi connectivity index (χ1) is 15.7. The lowest BCUT2D eigenvalue weighted by Gasteiger charge is -2.15. The van der Waals surface area contributed by atoms with E-state index >= 15 is 0 Å². The molecule has 0 radical (unpaired) electrons. The van der Waals surface area contributed by atoms with Gasteiger partial charge in [0, 0.05) is 38.5 Å². The van der Waals surface area contributed by atoms with Gasteiger partial charge in [0.15, 0.2) is 5.96 Å². The zero-order valence-corrected chi connectivity index (χ0v) is 21.9. The lowest BCUT2D eigenvalue weighted by molar-refractivity contribution is 0.110. The third-order valence-electron chi connectivity index (χ3n) is 4.94. The minimum absolute atomic E-state index is 0. The Balaban J connectivity index is 0.00000385. The number of hydrogen-bond acceptors (Lipinski definition) is 4. The summed E-state index contributed by atoms with van der Waals surface area (Å²) >= 11 is 0. The zero-order chi connectivity index (χ0) is 22.6. The summed E-state index contributed by atoms with van der Waals surface area (Å²) in [6, 6.07) is 16.3. The lowest BCUT2D eigenvalue weighted by atomic mass is 10.1. The highest BCUT2D eigenvalue weighted by atomic mass is 127. The van der Waals surface area contributed by atoms with Crippen molar-refractivity contribution in [1.29, 1.82) is 0 Å². The molecule has 8 heteroatoms. The Morgan fingerprint density at radius 1 is 1.09 bits per heavy atom. The van der Waals surface area contributed by atoms with E-state index in [-0.39, 0.29) is 24.0 Å². The predicted molar refractivity (Wildman–Crippen MR) is 144 cm³/mol. The SMILES string of the molecule is CCOCCOc1cc(C)ccc1CNC(=NC)NCCc1cnn(-c2ccccc2)c1.I. The van der Waals surface area contributed by atoms with Gasteiger partial charge in [-0.15, -0.1) is 24.0 Å². The van der Waals surface area contributed by atoms with Gasteiger partial charge in [-0.3, -0.25) is 4.99 Å². The fourth-order valence-corrected chi connectivity index (χ4v) is 3.23. The van der Waals surface area contributed by atoms with Crippen LogP contribution in [0.1, 0.15) is 23.6 Å². The van der Waals surface area contributed by atoms with Crippen molar-refractivity contribution in [3.63, 3.8) is 0 Å². The lowest BCUT2D eigenvalue weighted by Crippen LogP contribution is -2.37. The fourth-order valence-electron chi connectivity index (χ4n) is 3.23. The number of nitrogens with one attached hydrogen (secondary N) is 2. The van der Waals surface area contributed by atoms with E-state index in [1.807, 2.05) is 48.1 Å². The van der Waals surface area contributed by atoms with Gasteiger partial charge >= 0.3 is 0 Å². The summed E-state index contributed by atoms with van der Waals surface area (Å²) in [6.07, 6.45) is 4.82. The van der Waals surface area contributed by atoms with Crippen LogP contribution in [0.4, 0.5) is 0 Å². The van der Waals surface area contributed by atoms with Gasteiger partial charge in [0.1, 0.15) is 12.4 Å². The Morgan fingerprint density at radius 3 is 2.67 bits per heavy atom. The molecule has 7 nitrogen and oxygen atoms in total. The Morgan fingerprint density at radius 2 is 1.91 bits per heavy atom. The molecule has 0 saturated carbocycles. The molecule has 0 bridgehead atoms. The van der Waals surface area contributed by atoms with Gasteiger partial charge in [-0.25, -0.2) is 4.68 Å². The van der Waals surface area contributed by atoms with Gasteiger partial charge in [-0.1, -0.05) is 30.3 Å². The third-order valence-corrected chi connectivity index (χ3v) is 4.94. The van der Waals surface area contributed by atoms with Gasteiger partial charge in [0.2, 0.25) is 0 Å². The van der Waals surface area contributed by atoms with Crippen LogP contribution in [0.2, 0.25) is 0 Å². The fraction of sp³-hybridized carbons (Fsp3) is 0.360. The molecular weight excluding hydrogens is 529 g/mol. The third kappa shape index (κ3) is 8.70. The van der Waals surface area contributed by atoms with Gasteiger partial charge in [0.25, 0.3) is 0 Å². The first-order valence-corrected chi connectivity index (χ1v) is 11.0. The van der Waals surface area contributed by atoms with Gasteiger partial charge in [-0.2, -0.15) is 5.10 Å². The molecule has 0 aliphatic rings. The molecule has 33 heavy (non-hydrogen) atoms. The smallest absolute Gasteiger partial charge is 0.191 e. The number of halogens is 1.